The summed E-state index contributed by atoms with van der Waals surface area (Å²) in [4.78, 5) is 40.1. The van der Waals surface area contributed by atoms with Crippen LogP contribution in [0.5, 0.6) is 5.75 Å². The molecular weight excluding hydrogens is 508 g/mol. The van der Waals surface area contributed by atoms with Crippen molar-refractivity contribution in [3.8, 4) is 5.75 Å². The lowest BCUT2D eigenvalue weighted by atomic mass is 10.1. The lowest BCUT2D eigenvalue weighted by Crippen LogP contribution is -2.65. The van der Waals surface area contributed by atoms with E-state index in [2.05, 4.69) is 0 Å². The van der Waals surface area contributed by atoms with Gasteiger partial charge in [-0.2, -0.15) is 0 Å². The molecule has 7 rings (SSSR count). The standard InChI is InChI=1S/C32H22N2O6/c1-2-33-24-13-11-18-7-3-5-9-20(18)31(24)39-26(33)15-22-29(37)23(30(22)38)16-27-34(17-28(35)36)25-14-12-19-8-4-6-10-21(19)32(25)40-27/h3-16,26H,2,17H2,1H3/p+1. The van der Waals surface area contributed by atoms with Crippen LogP contribution >= 0.6 is 0 Å². The van der Waals surface area contributed by atoms with E-state index in [9.17, 15) is 19.5 Å². The zero-order valence-corrected chi connectivity index (χ0v) is 21.5. The molecular formula is C32H23N2O6+. The highest BCUT2D eigenvalue weighted by molar-refractivity contribution is 6.02. The summed E-state index contributed by atoms with van der Waals surface area (Å²) >= 11 is 0. The molecule has 1 aromatic heterocycles. The molecule has 1 atom stereocenters. The fourth-order valence-corrected chi connectivity index (χ4v) is 5.60. The number of carboxylic acid groups (broad SMARTS) is 1. The third kappa shape index (κ3) is 3.53. The first-order valence-electron chi connectivity index (χ1n) is 13.0. The van der Waals surface area contributed by atoms with Gasteiger partial charge in [0, 0.05) is 23.4 Å². The predicted molar refractivity (Wildman–Crippen MR) is 152 cm³/mol. The van der Waals surface area contributed by atoms with Gasteiger partial charge in [-0.25, -0.2) is 4.79 Å². The third-order valence-electron chi connectivity index (χ3n) is 7.53. The zero-order chi connectivity index (χ0) is 27.5. The zero-order valence-electron chi connectivity index (χ0n) is 21.5. The van der Waals surface area contributed by atoms with Crippen LogP contribution in [0.25, 0.3) is 44.8 Å². The first-order chi connectivity index (χ1) is 19.4. The number of hydrogen-bond donors (Lipinski definition) is 1. The molecule has 1 aliphatic rings. The molecule has 1 aliphatic heterocycles. The van der Waals surface area contributed by atoms with E-state index in [4.69, 9.17) is 9.15 Å². The quantitative estimate of drug-likeness (QED) is 0.341. The number of aliphatic carboxylic acids is 1. The topological polar surface area (TPSA) is 101 Å². The summed E-state index contributed by atoms with van der Waals surface area (Å²) in [5.41, 5.74) is 1.09. The van der Waals surface area contributed by atoms with Crippen molar-refractivity contribution in [3.63, 3.8) is 0 Å². The van der Waals surface area contributed by atoms with Gasteiger partial charge in [0.1, 0.15) is 0 Å². The molecule has 196 valence electrons. The van der Waals surface area contributed by atoms with E-state index in [1.165, 1.54) is 10.6 Å². The molecule has 0 saturated carbocycles. The number of fused-ring (bicyclic) bond motifs is 6. The average Bonchev–Trinajstić information content (AvgIpc) is 3.51. The molecule has 40 heavy (non-hydrogen) atoms. The number of anilines is 1. The number of carbonyl (C=O) groups is 1. The summed E-state index contributed by atoms with van der Waals surface area (Å²) in [5.74, 6) is -0.228. The second-order valence-corrected chi connectivity index (χ2v) is 9.78. The van der Waals surface area contributed by atoms with Crippen LogP contribution in [0.1, 0.15) is 12.8 Å². The highest BCUT2D eigenvalue weighted by Gasteiger charge is 2.31. The molecule has 0 bridgehead atoms. The SMILES string of the molecule is CCN1c2ccc3ccccc3c2OC1C=c1c(=O)c(=Cc2oc3c4ccccc4ccc3[n+]2CC(=O)O)c1=O. The van der Waals surface area contributed by atoms with Crippen LogP contribution in [0.3, 0.4) is 0 Å². The predicted octanol–water partition coefficient (Wildman–Crippen LogP) is 2.56. The minimum absolute atomic E-state index is 0.0400. The van der Waals surface area contributed by atoms with Gasteiger partial charge in [0.15, 0.2) is 12.0 Å². The Balaban J connectivity index is 1.34. The Hall–Kier alpha value is -5.24. The van der Waals surface area contributed by atoms with Crippen LogP contribution in [-0.2, 0) is 11.3 Å². The molecule has 0 spiro atoms. The van der Waals surface area contributed by atoms with E-state index in [0.717, 1.165) is 33.0 Å². The number of ether oxygens (including phenoxy) is 1. The van der Waals surface area contributed by atoms with Crippen molar-refractivity contribution >= 4 is 56.5 Å². The summed E-state index contributed by atoms with van der Waals surface area (Å²) in [6.45, 7) is 2.22. The average molecular weight is 532 g/mol. The van der Waals surface area contributed by atoms with Gasteiger partial charge in [-0.3, -0.25) is 9.59 Å². The summed E-state index contributed by atoms with van der Waals surface area (Å²) in [6, 6.07) is 23.2. The van der Waals surface area contributed by atoms with Crippen LogP contribution in [0.15, 0.2) is 86.8 Å². The summed E-state index contributed by atoms with van der Waals surface area (Å²) in [6.07, 6.45) is 2.30. The normalized spacial score (nSPS) is 14.6. The van der Waals surface area contributed by atoms with Crippen molar-refractivity contribution in [2.24, 2.45) is 0 Å². The van der Waals surface area contributed by atoms with Gasteiger partial charge in [-0.05, 0) is 35.9 Å². The molecule has 0 fully saturated rings. The largest absolute Gasteiger partial charge is 0.477 e. The van der Waals surface area contributed by atoms with Crippen molar-refractivity contribution in [3.05, 3.63) is 110 Å². The van der Waals surface area contributed by atoms with E-state index in [0.29, 0.717) is 17.6 Å². The number of nitrogens with zero attached hydrogens (tertiary/aromatic N) is 2. The fourth-order valence-electron chi connectivity index (χ4n) is 5.60. The monoisotopic (exact) mass is 531 g/mol. The Morgan fingerprint density at radius 2 is 1.60 bits per heavy atom. The van der Waals surface area contributed by atoms with E-state index in [-0.39, 0.29) is 22.9 Å². The second-order valence-electron chi connectivity index (χ2n) is 9.78. The maximum atomic E-state index is 13.2. The van der Waals surface area contributed by atoms with E-state index in [1.54, 1.807) is 12.1 Å². The molecule has 0 amide bonds. The first kappa shape index (κ1) is 23.8. The van der Waals surface area contributed by atoms with Crippen LogP contribution in [-0.4, -0.2) is 23.8 Å². The van der Waals surface area contributed by atoms with Gasteiger partial charge < -0.3 is 19.2 Å². The Morgan fingerprint density at radius 1 is 0.925 bits per heavy atom. The lowest BCUT2D eigenvalue weighted by molar-refractivity contribution is -0.666. The molecule has 1 unspecified atom stereocenters. The Kier molecular flexibility index (Phi) is 5.31. The Morgan fingerprint density at radius 3 is 2.33 bits per heavy atom. The van der Waals surface area contributed by atoms with Gasteiger partial charge in [-0.15, -0.1) is 4.57 Å². The summed E-state index contributed by atoms with van der Waals surface area (Å²) in [5, 5.41) is 13.3. The van der Waals surface area contributed by atoms with Gasteiger partial charge in [0.2, 0.25) is 23.0 Å². The number of rotatable bonds is 5. The van der Waals surface area contributed by atoms with Crippen LogP contribution in [0, 0.1) is 0 Å². The van der Waals surface area contributed by atoms with Gasteiger partial charge in [0.05, 0.1) is 22.2 Å². The Bertz CT molecular complexity index is 2170. The molecule has 0 radical (unpaired) electrons. The third-order valence-corrected chi connectivity index (χ3v) is 7.53. The van der Waals surface area contributed by atoms with Crippen molar-refractivity contribution in [2.45, 2.75) is 19.7 Å². The lowest BCUT2D eigenvalue weighted by Gasteiger charge is -2.20. The highest BCUT2D eigenvalue weighted by atomic mass is 16.5. The van der Waals surface area contributed by atoms with E-state index in [1.807, 2.05) is 78.6 Å². The molecule has 0 aliphatic carbocycles. The summed E-state index contributed by atoms with van der Waals surface area (Å²) in [7, 11) is 0. The van der Waals surface area contributed by atoms with Crippen LogP contribution in [0.2, 0.25) is 0 Å². The number of carboxylic acids is 1. The molecule has 5 aromatic carbocycles. The van der Waals surface area contributed by atoms with Crippen molar-refractivity contribution in [1.82, 2.24) is 0 Å². The number of hydrogen-bond acceptors (Lipinski definition) is 6. The Labute approximate surface area is 226 Å². The molecule has 1 N–H and O–H groups in total. The molecule has 8 heteroatoms. The van der Waals surface area contributed by atoms with Gasteiger partial charge in [0.25, 0.3) is 5.52 Å². The van der Waals surface area contributed by atoms with Gasteiger partial charge in [-0.1, -0.05) is 54.6 Å². The minimum atomic E-state index is -1.07. The molecule has 2 heterocycles. The molecule has 0 saturated heterocycles. The molecule has 8 nitrogen and oxygen atoms in total. The van der Waals surface area contributed by atoms with E-state index < -0.39 is 23.1 Å². The maximum Gasteiger partial charge on any atom is 0.375 e. The smallest absolute Gasteiger partial charge is 0.375 e. The van der Waals surface area contributed by atoms with Crippen LogP contribution < -0.4 is 35.5 Å². The van der Waals surface area contributed by atoms with Crippen molar-refractivity contribution in [2.75, 3.05) is 11.4 Å². The maximum absolute atomic E-state index is 13.2. The number of benzene rings is 4. The number of aromatic nitrogens is 1. The molecule has 6 aromatic rings. The van der Waals surface area contributed by atoms with Crippen molar-refractivity contribution < 1.29 is 23.6 Å². The number of oxazole rings is 1. The fraction of sp³-hybridized carbons (Fsp3) is 0.125. The highest BCUT2D eigenvalue weighted by Crippen LogP contribution is 2.42. The van der Waals surface area contributed by atoms with Gasteiger partial charge >= 0.3 is 11.9 Å². The van der Waals surface area contributed by atoms with Crippen molar-refractivity contribution in [1.29, 1.82) is 0 Å². The first-order valence-corrected chi connectivity index (χ1v) is 13.0. The minimum Gasteiger partial charge on any atom is -0.477 e. The second kappa shape index (κ2) is 8.91. The van der Waals surface area contributed by atoms with E-state index >= 15 is 0 Å². The summed E-state index contributed by atoms with van der Waals surface area (Å²) < 4.78 is 13.8. The van der Waals surface area contributed by atoms with Crippen LogP contribution in [0.4, 0.5) is 5.69 Å².